The highest BCUT2D eigenvalue weighted by Gasteiger charge is 2.26. The average molecular weight is 313 g/mol. The molecular weight excluding hydrogens is 298 g/mol. The maximum Gasteiger partial charge on any atom is 0.267 e. The fourth-order valence-corrected chi connectivity index (χ4v) is 4.03. The number of nitrogens with one attached hydrogen (secondary N) is 1. The third kappa shape index (κ3) is 2.14. The molecule has 1 amide bonds. The molecule has 22 heavy (non-hydrogen) atoms. The first-order valence-corrected chi connectivity index (χ1v) is 8.34. The lowest BCUT2D eigenvalue weighted by Gasteiger charge is -2.14. The Hall–Kier alpha value is -2.08. The summed E-state index contributed by atoms with van der Waals surface area (Å²) in [5.41, 5.74) is 2.32. The first-order valence-electron chi connectivity index (χ1n) is 7.35. The van der Waals surface area contributed by atoms with Crippen molar-refractivity contribution in [2.24, 2.45) is 0 Å². The van der Waals surface area contributed by atoms with Crippen LogP contribution in [0.3, 0.4) is 0 Å². The number of nitrogens with zero attached hydrogens (tertiary/aromatic N) is 2. The van der Waals surface area contributed by atoms with E-state index in [1.165, 1.54) is 11.8 Å². The number of fused-ring (bicyclic) bond motifs is 2. The van der Waals surface area contributed by atoms with Gasteiger partial charge >= 0.3 is 0 Å². The highest BCUT2D eigenvalue weighted by molar-refractivity contribution is 7.99. The summed E-state index contributed by atoms with van der Waals surface area (Å²) in [5, 5.41) is 3.69. The third-order valence-corrected chi connectivity index (χ3v) is 5.21. The monoisotopic (exact) mass is 313 g/mol. The molecule has 0 spiro atoms. The molecule has 2 aromatic rings. The Morgan fingerprint density at radius 2 is 2.23 bits per heavy atom. The zero-order valence-electron chi connectivity index (χ0n) is 11.9. The van der Waals surface area contributed by atoms with Crippen molar-refractivity contribution in [3.8, 4) is 0 Å². The molecular formula is C16H15N3O2S. The zero-order chi connectivity index (χ0) is 15.1. The van der Waals surface area contributed by atoms with Crippen LogP contribution >= 0.6 is 11.8 Å². The second-order valence-electron chi connectivity index (χ2n) is 5.52. The van der Waals surface area contributed by atoms with Crippen LogP contribution < -0.4 is 10.9 Å². The average Bonchev–Trinajstić information content (AvgIpc) is 3.15. The molecule has 0 saturated carbocycles. The largest absolute Gasteiger partial charge is 0.345 e. The summed E-state index contributed by atoms with van der Waals surface area (Å²) in [6.07, 6.45) is 3.24. The molecule has 2 aliphatic rings. The molecule has 0 saturated heterocycles. The maximum atomic E-state index is 12.5. The minimum absolute atomic E-state index is 0.0178. The predicted octanol–water partition coefficient (Wildman–Crippen LogP) is 1.77. The second-order valence-corrected chi connectivity index (χ2v) is 6.59. The van der Waals surface area contributed by atoms with E-state index in [1.807, 2.05) is 18.2 Å². The van der Waals surface area contributed by atoms with Crippen molar-refractivity contribution in [2.45, 2.75) is 30.6 Å². The van der Waals surface area contributed by atoms with Gasteiger partial charge in [0.05, 0.1) is 6.04 Å². The van der Waals surface area contributed by atoms with Crippen LogP contribution in [0.5, 0.6) is 0 Å². The highest BCUT2D eigenvalue weighted by Crippen LogP contribution is 2.30. The van der Waals surface area contributed by atoms with Crippen LogP contribution in [0.25, 0.3) is 0 Å². The van der Waals surface area contributed by atoms with Gasteiger partial charge < -0.3 is 5.32 Å². The molecule has 0 radical (unpaired) electrons. The van der Waals surface area contributed by atoms with Gasteiger partial charge in [0.2, 0.25) is 0 Å². The van der Waals surface area contributed by atoms with Gasteiger partial charge in [0.25, 0.3) is 11.5 Å². The molecule has 1 aromatic carbocycles. The summed E-state index contributed by atoms with van der Waals surface area (Å²) in [7, 11) is 0. The highest BCUT2D eigenvalue weighted by atomic mass is 32.2. The van der Waals surface area contributed by atoms with E-state index in [0.717, 1.165) is 24.2 Å². The van der Waals surface area contributed by atoms with Gasteiger partial charge in [-0.25, -0.2) is 4.98 Å². The van der Waals surface area contributed by atoms with Crippen molar-refractivity contribution in [1.82, 2.24) is 14.9 Å². The van der Waals surface area contributed by atoms with Crippen molar-refractivity contribution in [3.05, 3.63) is 57.5 Å². The summed E-state index contributed by atoms with van der Waals surface area (Å²) in [6, 6.07) is 8.10. The minimum Gasteiger partial charge on any atom is -0.345 e. The summed E-state index contributed by atoms with van der Waals surface area (Å²) in [5.74, 6) is 0.509. The van der Waals surface area contributed by atoms with Crippen LogP contribution in [-0.4, -0.2) is 21.2 Å². The second kappa shape index (κ2) is 5.28. The van der Waals surface area contributed by atoms with Gasteiger partial charge in [-0.2, -0.15) is 0 Å². The van der Waals surface area contributed by atoms with E-state index in [0.29, 0.717) is 11.7 Å². The topological polar surface area (TPSA) is 64.0 Å². The lowest BCUT2D eigenvalue weighted by molar-refractivity contribution is 0.0934. The fourth-order valence-electron chi connectivity index (χ4n) is 3.12. The van der Waals surface area contributed by atoms with E-state index in [-0.39, 0.29) is 23.1 Å². The number of carbonyl (C=O) groups excluding carboxylic acids is 1. The molecule has 2 heterocycles. The van der Waals surface area contributed by atoms with Crippen molar-refractivity contribution in [1.29, 1.82) is 0 Å². The lowest BCUT2D eigenvalue weighted by atomic mass is 10.1. The molecule has 0 fully saturated rings. The van der Waals surface area contributed by atoms with Crippen LogP contribution in [0.15, 0.2) is 40.4 Å². The number of aromatic nitrogens is 2. The van der Waals surface area contributed by atoms with Crippen molar-refractivity contribution in [3.63, 3.8) is 0 Å². The molecule has 1 aromatic heterocycles. The van der Waals surface area contributed by atoms with Crippen LogP contribution in [0.1, 0.15) is 33.9 Å². The SMILES string of the molecule is O=C(NC1CCc2ccccc21)c1cnc2n(c1=O)CCS2. The standard InChI is InChI=1S/C16H15N3O2S/c20-14(12-9-17-16-19(15(12)21)7-8-22-16)18-13-6-5-10-3-1-2-4-11(10)13/h1-4,9,13H,5-8H2,(H,18,20). The lowest BCUT2D eigenvalue weighted by Crippen LogP contribution is -2.34. The number of carbonyl (C=O) groups is 1. The van der Waals surface area contributed by atoms with Crippen LogP contribution in [0, 0.1) is 0 Å². The smallest absolute Gasteiger partial charge is 0.267 e. The van der Waals surface area contributed by atoms with Crippen molar-refractivity contribution in [2.75, 3.05) is 5.75 Å². The number of benzene rings is 1. The van der Waals surface area contributed by atoms with Crippen molar-refractivity contribution < 1.29 is 4.79 Å². The number of rotatable bonds is 2. The van der Waals surface area contributed by atoms with Crippen LogP contribution in [0.4, 0.5) is 0 Å². The Morgan fingerprint density at radius 3 is 3.14 bits per heavy atom. The van der Waals surface area contributed by atoms with Gasteiger partial charge in [-0.05, 0) is 24.0 Å². The molecule has 1 atom stereocenters. The Kier molecular flexibility index (Phi) is 3.26. The van der Waals surface area contributed by atoms with Crippen LogP contribution in [0.2, 0.25) is 0 Å². The van der Waals surface area contributed by atoms with Crippen molar-refractivity contribution >= 4 is 17.7 Å². The molecule has 0 bridgehead atoms. The normalized spacial score (nSPS) is 18.8. The van der Waals surface area contributed by atoms with E-state index in [4.69, 9.17) is 0 Å². The number of aryl methyl sites for hydroxylation is 1. The van der Waals surface area contributed by atoms with E-state index < -0.39 is 0 Å². The van der Waals surface area contributed by atoms with E-state index >= 15 is 0 Å². The predicted molar refractivity (Wildman–Crippen MR) is 84.2 cm³/mol. The number of amides is 1. The van der Waals surface area contributed by atoms with Crippen LogP contribution in [-0.2, 0) is 13.0 Å². The maximum absolute atomic E-state index is 12.5. The number of hydrogen-bond donors (Lipinski definition) is 1. The first kappa shape index (κ1) is 13.6. The molecule has 1 unspecified atom stereocenters. The Bertz CT molecular complexity index is 815. The van der Waals surface area contributed by atoms with Gasteiger partial charge in [-0.1, -0.05) is 36.0 Å². The van der Waals surface area contributed by atoms with E-state index in [1.54, 1.807) is 16.3 Å². The molecule has 1 N–H and O–H groups in total. The molecule has 112 valence electrons. The van der Waals surface area contributed by atoms with E-state index in [2.05, 4.69) is 16.4 Å². The third-order valence-electron chi connectivity index (χ3n) is 4.24. The van der Waals surface area contributed by atoms with Gasteiger partial charge in [0.15, 0.2) is 5.16 Å². The first-order chi connectivity index (χ1) is 10.7. The summed E-state index contributed by atoms with van der Waals surface area (Å²) < 4.78 is 1.59. The molecule has 4 rings (SSSR count). The molecule has 1 aliphatic carbocycles. The van der Waals surface area contributed by atoms with Gasteiger partial charge in [0.1, 0.15) is 5.56 Å². The summed E-state index contributed by atoms with van der Waals surface area (Å²) >= 11 is 1.55. The minimum atomic E-state index is -0.327. The summed E-state index contributed by atoms with van der Waals surface area (Å²) in [6.45, 7) is 0.624. The van der Waals surface area contributed by atoms with Gasteiger partial charge in [-0.15, -0.1) is 0 Å². The fraction of sp³-hybridized carbons (Fsp3) is 0.312. The molecule has 6 heteroatoms. The van der Waals surface area contributed by atoms with Gasteiger partial charge in [-0.3, -0.25) is 14.2 Å². The Labute approximate surface area is 131 Å². The molecule has 1 aliphatic heterocycles. The quantitative estimate of drug-likeness (QED) is 0.858. The molecule has 5 nitrogen and oxygen atoms in total. The Balaban J connectivity index is 1.61. The number of thioether (sulfide) groups is 1. The zero-order valence-corrected chi connectivity index (χ0v) is 12.7. The van der Waals surface area contributed by atoms with Gasteiger partial charge in [0, 0.05) is 18.5 Å². The number of hydrogen-bond acceptors (Lipinski definition) is 4. The Morgan fingerprint density at radius 1 is 1.36 bits per heavy atom. The van der Waals surface area contributed by atoms with E-state index in [9.17, 15) is 9.59 Å². The summed E-state index contributed by atoms with van der Waals surface area (Å²) in [4.78, 5) is 29.1.